The van der Waals surface area contributed by atoms with Crippen LogP contribution in [-0.2, 0) is 0 Å². The van der Waals surface area contributed by atoms with E-state index in [1.54, 1.807) is 0 Å². The number of fused-ring (bicyclic) bond motifs is 8. The molecule has 5 heteroatoms. The first-order valence-corrected chi connectivity index (χ1v) is 12.2. The summed E-state index contributed by atoms with van der Waals surface area (Å²) in [5.41, 5.74) is 5.33. The number of hydrogen-bond acceptors (Lipinski definition) is 3. The SMILES string of the molecule is S=C(Nc1ccc2nc3c4ccccc4c4ccccc4c3nc2c1)Nc1cccc2ccccc12. The third-order valence-electron chi connectivity index (χ3n) is 6.61. The quantitative estimate of drug-likeness (QED) is 0.149. The molecule has 0 aliphatic heterocycles. The summed E-state index contributed by atoms with van der Waals surface area (Å²) in [7, 11) is 0. The molecule has 4 nitrogen and oxygen atoms in total. The van der Waals surface area contributed by atoms with Gasteiger partial charge >= 0.3 is 0 Å². The number of anilines is 2. The van der Waals surface area contributed by atoms with Gasteiger partial charge in [-0.2, -0.15) is 0 Å². The zero-order valence-corrected chi connectivity index (χ0v) is 20.0. The van der Waals surface area contributed by atoms with Crippen molar-refractivity contribution in [1.82, 2.24) is 9.97 Å². The zero-order valence-electron chi connectivity index (χ0n) is 19.2. The van der Waals surface area contributed by atoms with Gasteiger partial charge in [-0.1, -0.05) is 84.9 Å². The highest BCUT2D eigenvalue weighted by atomic mass is 32.1. The number of rotatable bonds is 2. The molecule has 0 radical (unpaired) electrons. The normalized spacial score (nSPS) is 11.4. The first kappa shape index (κ1) is 20.7. The Kier molecular flexibility index (Phi) is 4.76. The molecule has 7 aromatic rings. The van der Waals surface area contributed by atoms with Crippen LogP contribution in [0.15, 0.2) is 109 Å². The smallest absolute Gasteiger partial charge is 0.175 e. The van der Waals surface area contributed by atoms with Crippen LogP contribution in [-0.4, -0.2) is 15.1 Å². The van der Waals surface area contributed by atoms with Crippen molar-refractivity contribution in [2.45, 2.75) is 0 Å². The summed E-state index contributed by atoms with van der Waals surface area (Å²) < 4.78 is 0. The Balaban J connectivity index is 1.29. The van der Waals surface area contributed by atoms with Gasteiger partial charge < -0.3 is 10.6 Å². The van der Waals surface area contributed by atoms with Crippen LogP contribution in [0.5, 0.6) is 0 Å². The van der Waals surface area contributed by atoms with Crippen LogP contribution >= 0.6 is 12.2 Å². The summed E-state index contributed by atoms with van der Waals surface area (Å²) in [6, 6.07) is 37.2. The fourth-order valence-corrected chi connectivity index (χ4v) is 5.20. The first-order chi connectivity index (χ1) is 17.7. The van der Waals surface area contributed by atoms with Crippen molar-refractivity contribution in [2.75, 3.05) is 10.6 Å². The van der Waals surface area contributed by atoms with Crippen molar-refractivity contribution in [3.8, 4) is 0 Å². The predicted octanol–water partition coefficient (Wildman–Crippen LogP) is 8.05. The van der Waals surface area contributed by atoms with Gasteiger partial charge in [-0.05, 0) is 52.6 Å². The van der Waals surface area contributed by atoms with E-state index in [0.29, 0.717) is 5.11 Å². The molecular formula is C31H20N4S. The lowest BCUT2D eigenvalue weighted by Crippen LogP contribution is -2.19. The maximum atomic E-state index is 5.64. The van der Waals surface area contributed by atoms with Gasteiger partial charge in [0.2, 0.25) is 0 Å². The molecule has 0 unspecified atom stereocenters. The van der Waals surface area contributed by atoms with Gasteiger partial charge in [0.05, 0.1) is 22.1 Å². The predicted molar refractivity (Wildman–Crippen MR) is 156 cm³/mol. The van der Waals surface area contributed by atoms with Crippen molar-refractivity contribution in [2.24, 2.45) is 0 Å². The Morgan fingerprint density at radius 1 is 0.528 bits per heavy atom. The highest BCUT2D eigenvalue weighted by Crippen LogP contribution is 2.34. The molecule has 0 amide bonds. The van der Waals surface area contributed by atoms with Gasteiger partial charge in [-0.25, -0.2) is 9.97 Å². The number of benzene rings is 6. The fourth-order valence-electron chi connectivity index (χ4n) is 4.98. The van der Waals surface area contributed by atoms with Gasteiger partial charge in [0.25, 0.3) is 0 Å². The van der Waals surface area contributed by atoms with Crippen LogP contribution in [0.4, 0.5) is 11.4 Å². The summed E-state index contributed by atoms with van der Waals surface area (Å²) in [5, 5.41) is 14.1. The molecule has 0 spiro atoms. The first-order valence-electron chi connectivity index (χ1n) is 11.8. The Bertz CT molecular complexity index is 1970. The van der Waals surface area contributed by atoms with E-state index in [1.807, 2.05) is 42.5 Å². The van der Waals surface area contributed by atoms with E-state index in [9.17, 15) is 0 Å². The molecule has 1 heterocycles. The van der Waals surface area contributed by atoms with E-state index in [2.05, 4.69) is 77.4 Å². The van der Waals surface area contributed by atoms with E-state index in [1.165, 1.54) is 10.8 Å². The molecule has 0 aliphatic carbocycles. The average molecular weight is 481 g/mol. The van der Waals surface area contributed by atoms with Crippen LogP contribution in [0.1, 0.15) is 0 Å². The summed E-state index contributed by atoms with van der Waals surface area (Å²) in [4.78, 5) is 10.1. The Hall–Kier alpha value is -4.61. The maximum absolute atomic E-state index is 5.64. The average Bonchev–Trinajstić information content (AvgIpc) is 2.92. The minimum absolute atomic E-state index is 0.524. The summed E-state index contributed by atoms with van der Waals surface area (Å²) in [6.45, 7) is 0. The van der Waals surface area contributed by atoms with E-state index < -0.39 is 0 Å². The fraction of sp³-hybridized carbons (Fsp3) is 0. The van der Waals surface area contributed by atoms with Crippen molar-refractivity contribution < 1.29 is 0 Å². The second-order valence-corrected chi connectivity index (χ2v) is 9.23. The molecule has 1 aromatic heterocycles. The Labute approximate surface area is 212 Å². The van der Waals surface area contributed by atoms with Crippen molar-refractivity contribution in [3.05, 3.63) is 109 Å². The molecule has 6 aromatic carbocycles. The van der Waals surface area contributed by atoms with E-state index in [0.717, 1.165) is 55.0 Å². The molecule has 0 saturated carbocycles. The van der Waals surface area contributed by atoms with Crippen molar-refractivity contribution in [1.29, 1.82) is 0 Å². The lowest BCUT2D eigenvalue weighted by molar-refractivity contribution is 1.41. The lowest BCUT2D eigenvalue weighted by Gasteiger charge is -2.13. The Morgan fingerprint density at radius 3 is 1.83 bits per heavy atom. The molecule has 170 valence electrons. The second kappa shape index (κ2) is 8.26. The summed E-state index contributed by atoms with van der Waals surface area (Å²) in [6.07, 6.45) is 0. The lowest BCUT2D eigenvalue weighted by atomic mass is 9.99. The van der Waals surface area contributed by atoms with E-state index in [-0.39, 0.29) is 0 Å². The van der Waals surface area contributed by atoms with Crippen LogP contribution in [0.2, 0.25) is 0 Å². The maximum Gasteiger partial charge on any atom is 0.175 e. The molecular weight excluding hydrogens is 460 g/mol. The number of nitrogens with one attached hydrogen (secondary N) is 2. The Morgan fingerprint density at radius 2 is 1.11 bits per heavy atom. The van der Waals surface area contributed by atoms with Gasteiger partial charge in [0.15, 0.2) is 5.11 Å². The molecule has 0 atom stereocenters. The standard InChI is InChI=1S/C31H20N4S/c36-31(35-26-15-7-9-19-8-1-2-10-21(19)26)32-20-16-17-27-28(18-20)34-30-25-14-6-4-12-23(25)22-11-3-5-13-24(22)29(30)33-27/h1-18H,(H2,32,35,36). The highest BCUT2D eigenvalue weighted by molar-refractivity contribution is 7.80. The molecule has 7 rings (SSSR count). The number of aromatic nitrogens is 2. The molecule has 2 N–H and O–H groups in total. The van der Waals surface area contributed by atoms with Gasteiger partial charge in [-0.15, -0.1) is 0 Å². The summed E-state index contributed by atoms with van der Waals surface area (Å²) in [5.74, 6) is 0. The number of thiocarbonyl (C=S) groups is 1. The molecule has 0 fully saturated rings. The number of nitrogens with zero attached hydrogens (tertiary/aromatic N) is 2. The molecule has 0 aliphatic rings. The highest BCUT2D eigenvalue weighted by Gasteiger charge is 2.12. The van der Waals surface area contributed by atoms with Gasteiger partial charge in [0, 0.05) is 27.5 Å². The minimum Gasteiger partial charge on any atom is -0.332 e. The van der Waals surface area contributed by atoms with Crippen molar-refractivity contribution in [3.63, 3.8) is 0 Å². The molecule has 36 heavy (non-hydrogen) atoms. The zero-order chi connectivity index (χ0) is 24.1. The monoisotopic (exact) mass is 480 g/mol. The van der Waals surface area contributed by atoms with Crippen molar-refractivity contribution >= 4 is 83.1 Å². The molecule has 0 bridgehead atoms. The van der Waals surface area contributed by atoms with Crippen LogP contribution in [0, 0.1) is 0 Å². The van der Waals surface area contributed by atoms with Crippen LogP contribution < -0.4 is 10.6 Å². The van der Waals surface area contributed by atoms with Crippen LogP contribution in [0.3, 0.4) is 0 Å². The number of hydrogen-bond donors (Lipinski definition) is 2. The summed E-state index contributed by atoms with van der Waals surface area (Å²) >= 11 is 5.64. The molecule has 0 saturated heterocycles. The van der Waals surface area contributed by atoms with E-state index >= 15 is 0 Å². The van der Waals surface area contributed by atoms with E-state index in [4.69, 9.17) is 22.2 Å². The third-order valence-corrected chi connectivity index (χ3v) is 6.82. The van der Waals surface area contributed by atoms with Crippen LogP contribution in [0.25, 0.3) is 54.4 Å². The minimum atomic E-state index is 0.524. The second-order valence-electron chi connectivity index (χ2n) is 8.82. The van der Waals surface area contributed by atoms with Gasteiger partial charge in [0.1, 0.15) is 0 Å². The van der Waals surface area contributed by atoms with Gasteiger partial charge in [-0.3, -0.25) is 0 Å². The topological polar surface area (TPSA) is 49.8 Å². The third kappa shape index (κ3) is 3.41. The largest absolute Gasteiger partial charge is 0.332 e.